The van der Waals surface area contributed by atoms with Crippen molar-refractivity contribution in [2.75, 3.05) is 20.3 Å². The topological polar surface area (TPSA) is 39.1 Å². The third kappa shape index (κ3) is 4.04. The second kappa shape index (κ2) is 7.26. The molecule has 2 aromatic rings. The van der Waals surface area contributed by atoms with E-state index in [2.05, 4.69) is 40.0 Å². The van der Waals surface area contributed by atoms with E-state index in [0.717, 1.165) is 38.1 Å². The van der Waals surface area contributed by atoms with Crippen molar-refractivity contribution in [2.45, 2.75) is 32.4 Å². The molecule has 0 spiro atoms. The Balaban J connectivity index is 1.74. The molecular formula is C15H23N3O. The van der Waals surface area contributed by atoms with E-state index < -0.39 is 0 Å². The van der Waals surface area contributed by atoms with Crippen molar-refractivity contribution in [3.05, 3.63) is 30.6 Å². The lowest BCUT2D eigenvalue weighted by molar-refractivity contribution is 0.185. The maximum absolute atomic E-state index is 5.07. The van der Waals surface area contributed by atoms with Crippen LogP contribution in [0.15, 0.2) is 30.6 Å². The van der Waals surface area contributed by atoms with Gasteiger partial charge >= 0.3 is 0 Å². The molecule has 1 atom stereocenters. The molecule has 0 saturated heterocycles. The highest BCUT2D eigenvalue weighted by Crippen LogP contribution is 2.11. The average Bonchev–Trinajstić information content (AvgIpc) is 2.85. The van der Waals surface area contributed by atoms with Crippen LogP contribution in [0.3, 0.4) is 0 Å². The zero-order valence-electron chi connectivity index (χ0n) is 11.8. The van der Waals surface area contributed by atoms with Gasteiger partial charge in [-0.3, -0.25) is 0 Å². The Morgan fingerprint density at radius 2 is 2.21 bits per heavy atom. The first-order valence-electron chi connectivity index (χ1n) is 6.93. The standard InChI is InChI=1S/C15H23N3O/c1-13(8-11-19-2)16-9-5-10-18-12-17-14-6-3-4-7-15(14)18/h3-4,6-7,12-13,16H,5,8-11H2,1-2H3. The zero-order chi connectivity index (χ0) is 13.5. The van der Waals surface area contributed by atoms with Crippen LogP contribution in [0.25, 0.3) is 11.0 Å². The number of ether oxygens (including phenoxy) is 1. The lowest BCUT2D eigenvalue weighted by Crippen LogP contribution is -2.28. The fraction of sp³-hybridized carbons (Fsp3) is 0.533. The molecule has 0 aliphatic rings. The van der Waals surface area contributed by atoms with Gasteiger partial charge in [0.2, 0.25) is 0 Å². The van der Waals surface area contributed by atoms with Crippen LogP contribution in [0.2, 0.25) is 0 Å². The summed E-state index contributed by atoms with van der Waals surface area (Å²) in [5.41, 5.74) is 2.29. The molecule has 0 aliphatic carbocycles. The van der Waals surface area contributed by atoms with Crippen molar-refractivity contribution < 1.29 is 4.74 Å². The first kappa shape index (κ1) is 14.0. The molecule has 1 aromatic carbocycles. The van der Waals surface area contributed by atoms with Gasteiger partial charge in [-0.05, 0) is 38.4 Å². The first-order chi connectivity index (χ1) is 9.31. The molecule has 0 saturated carbocycles. The summed E-state index contributed by atoms with van der Waals surface area (Å²) in [6.45, 7) is 5.05. The van der Waals surface area contributed by atoms with E-state index in [4.69, 9.17) is 4.74 Å². The van der Waals surface area contributed by atoms with Crippen LogP contribution in [0.5, 0.6) is 0 Å². The van der Waals surface area contributed by atoms with Crippen molar-refractivity contribution in [2.24, 2.45) is 0 Å². The van der Waals surface area contributed by atoms with Crippen molar-refractivity contribution in [1.82, 2.24) is 14.9 Å². The van der Waals surface area contributed by atoms with E-state index in [9.17, 15) is 0 Å². The molecule has 1 heterocycles. The highest BCUT2D eigenvalue weighted by Gasteiger charge is 2.02. The predicted octanol–water partition coefficient (Wildman–Crippen LogP) is 2.44. The summed E-state index contributed by atoms with van der Waals surface area (Å²) in [5, 5.41) is 3.51. The van der Waals surface area contributed by atoms with Gasteiger partial charge in [0.1, 0.15) is 0 Å². The van der Waals surface area contributed by atoms with E-state index in [1.54, 1.807) is 7.11 Å². The summed E-state index contributed by atoms with van der Waals surface area (Å²) in [4.78, 5) is 4.40. The third-order valence-corrected chi connectivity index (χ3v) is 3.35. The molecule has 0 amide bonds. The molecule has 104 valence electrons. The number of benzene rings is 1. The second-order valence-electron chi connectivity index (χ2n) is 4.92. The number of hydrogen-bond donors (Lipinski definition) is 1. The third-order valence-electron chi connectivity index (χ3n) is 3.35. The lowest BCUT2D eigenvalue weighted by Gasteiger charge is -2.13. The number of nitrogens with zero attached hydrogens (tertiary/aromatic N) is 2. The number of nitrogens with one attached hydrogen (secondary N) is 1. The van der Waals surface area contributed by atoms with Crippen molar-refractivity contribution >= 4 is 11.0 Å². The van der Waals surface area contributed by atoms with Crippen molar-refractivity contribution in [3.63, 3.8) is 0 Å². The van der Waals surface area contributed by atoms with Gasteiger partial charge in [-0.2, -0.15) is 0 Å². The van der Waals surface area contributed by atoms with Gasteiger partial charge in [0.05, 0.1) is 17.4 Å². The molecule has 4 nitrogen and oxygen atoms in total. The Morgan fingerprint density at radius 3 is 3.05 bits per heavy atom. The van der Waals surface area contributed by atoms with Gasteiger partial charge in [0.15, 0.2) is 0 Å². The highest BCUT2D eigenvalue weighted by atomic mass is 16.5. The Bertz CT molecular complexity index is 495. The Hall–Kier alpha value is -1.39. The maximum Gasteiger partial charge on any atom is 0.0958 e. The van der Waals surface area contributed by atoms with E-state index in [1.165, 1.54) is 5.52 Å². The van der Waals surface area contributed by atoms with E-state index in [1.807, 2.05) is 12.4 Å². The Morgan fingerprint density at radius 1 is 1.37 bits per heavy atom. The summed E-state index contributed by atoms with van der Waals surface area (Å²) in [7, 11) is 1.75. The Kier molecular flexibility index (Phi) is 5.36. The van der Waals surface area contributed by atoms with Gasteiger partial charge in [-0.25, -0.2) is 4.98 Å². The quantitative estimate of drug-likeness (QED) is 0.742. The Labute approximate surface area is 114 Å². The van der Waals surface area contributed by atoms with Crippen LogP contribution in [-0.4, -0.2) is 35.9 Å². The predicted molar refractivity (Wildman–Crippen MR) is 78.3 cm³/mol. The fourth-order valence-corrected chi connectivity index (χ4v) is 2.18. The molecule has 4 heteroatoms. The van der Waals surface area contributed by atoms with Crippen LogP contribution in [0.1, 0.15) is 19.8 Å². The van der Waals surface area contributed by atoms with Crippen molar-refractivity contribution in [1.29, 1.82) is 0 Å². The first-order valence-corrected chi connectivity index (χ1v) is 6.93. The minimum absolute atomic E-state index is 0.513. The number of fused-ring (bicyclic) bond motifs is 1. The molecule has 1 N–H and O–H groups in total. The average molecular weight is 261 g/mol. The van der Waals surface area contributed by atoms with Gasteiger partial charge in [0.25, 0.3) is 0 Å². The van der Waals surface area contributed by atoms with Gasteiger partial charge in [-0.1, -0.05) is 12.1 Å². The number of aromatic nitrogens is 2. The molecule has 2 rings (SSSR count). The molecule has 0 radical (unpaired) electrons. The normalized spacial score (nSPS) is 12.9. The van der Waals surface area contributed by atoms with Crippen LogP contribution in [0, 0.1) is 0 Å². The lowest BCUT2D eigenvalue weighted by atomic mass is 10.2. The van der Waals surface area contributed by atoms with Crippen LogP contribution in [0.4, 0.5) is 0 Å². The highest BCUT2D eigenvalue weighted by molar-refractivity contribution is 5.74. The number of aryl methyl sites for hydroxylation is 1. The van der Waals surface area contributed by atoms with Gasteiger partial charge in [0, 0.05) is 26.3 Å². The summed E-state index contributed by atoms with van der Waals surface area (Å²) in [5.74, 6) is 0. The monoisotopic (exact) mass is 261 g/mol. The zero-order valence-corrected chi connectivity index (χ0v) is 11.8. The molecule has 1 aromatic heterocycles. The molecular weight excluding hydrogens is 238 g/mol. The van der Waals surface area contributed by atoms with Crippen molar-refractivity contribution in [3.8, 4) is 0 Å². The number of hydrogen-bond acceptors (Lipinski definition) is 3. The summed E-state index contributed by atoms with van der Waals surface area (Å²) in [6.07, 6.45) is 4.10. The summed E-state index contributed by atoms with van der Waals surface area (Å²) >= 11 is 0. The fourth-order valence-electron chi connectivity index (χ4n) is 2.18. The summed E-state index contributed by atoms with van der Waals surface area (Å²) < 4.78 is 7.29. The maximum atomic E-state index is 5.07. The second-order valence-corrected chi connectivity index (χ2v) is 4.92. The molecule has 0 fully saturated rings. The van der Waals surface area contributed by atoms with Crippen LogP contribution in [-0.2, 0) is 11.3 Å². The summed E-state index contributed by atoms with van der Waals surface area (Å²) in [6, 6.07) is 8.78. The number of para-hydroxylation sites is 2. The molecule has 0 aliphatic heterocycles. The van der Waals surface area contributed by atoms with E-state index in [0.29, 0.717) is 6.04 Å². The van der Waals surface area contributed by atoms with E-state index in [-0.39, 0.29) is 0 Å². The smallest absolute Gasteiger partial charge is 0.0958 e. The van der Waals surface area contributed by atoms with Gasteiger partial charge in [-0.15, -0.1) is 0 Å². The van der Waals surface area contributed by atoms with Crippen LogP contribution < -0.4 is 5.32 Å². The van der Waals surface area contributed by atoms with E-state index >= 15 is 0 Å². The van der Waals surface area contributed by atoms with Gasteiger partial charge < -0.3 is 14.6 Å². The molecule has 0 bridgehead atoms. The molecule has 19 heavy (non-hydrogen) atoms. The number of methoxy groups -OCH3 is 1. The number of imidazole rings is 1. The largest absolute Gasteiger partial charge is 0.385 e. The minimum atomic E-state index is 0.513. The van der Waals surface area contributed by atoms with Crippen LogP contribution >= 0.6 is 0 Å². The SMILES string of the molecule is COCCC(C)NCCCn1cnc2ccccc21. The minimum Gasteiger partial charge on any atom is -0.385 e. The molecule has 1 unspecified atom stereocenters. The number of rotatable bonds is 8.